The Hall–Kier alpha value is 0.827. The fourth-order valence-corrected chi connectivity index (χ4v) is 3.52. The molecule has 0 radical (unpaired) electrons. The second kappa shape index (κ2) is 4.65. The van der Waals surface area contributed by atoms with Gasteiger partial charge < -0.3 is 0 Å². The lowest BCUT2D eigenvalue weighted by Gasteiger charge is -2.14. The van der Waals surface area contributed by atoms with Crippen LogP contribution in [0.1, 0.15) is 0 Å². The maximum atomic E-state index is 6.11. The highest BCUT2D eigenvalue weighted by Gasteiger charge is 2.21. The van der Waals surface area contributed by atoms with E-state index in [9.17, 15) is 0 Å². The van der Waals surface area contributed by atoms with Crippen LogP contribution in [0.2, 0.25) is 13.1 Å². The summed E-state index contributed by atoms with van der Waals surface area (Å²) >= 11 is 17.3. The summed E-state index contributed by atoms with van der Waals surface area (Å²) < 4.78 is 0. The molecule has 0 bridgehead atoms. The van der Waals surface area contributed by atoms with Gasteiger partial charge in [-0.15, -0.1) is 23.2 Å². The first-order valence-electron chi connectivity index (χ1n) is 3.02. The highest BCUT2D eigenvalue weighted by molar-refractivity contribution is 7.23. The molecule has 10 heavy (non-hydrogen) atoms. The fourth-order valence-electron chi connectivity index (χ4n) is 0.549. The average molecular weight is 218 g/mol. The Bertz CT molecular complexity index is 125. The lowest BCUT2D eigenvalue weighted by molar-refractivity contribution is 1.54. The van der Waals surface area contributed by atoms with E-state index in [1.165, 1.54) is 0 Å². The molecule has 0 saturated carbocycles. The molecule has 4 heteroatoms. The molecular weight excluding hydrogens is 207 g/mol. The topological polar surface area (TPSA) is 0 Å². The summed E-state index contributed by atoms with van der Waals surface area (Å²) in [6, 6.07) is 0. The summed E-state index contributed by atoms with van der Waals surface area (Å²) in [6.45, 7) is 4.07. The van der Waals surface area contributed by atoms with Gasteiger partial charge in [0.15, 0.2) is 7.38 Å². The van der Waals surface area contributed by atoms with E-state index < -0.39 is 7.38 Å². The summed E-state index contributed by atoms with van der Waals surface area (Å²) in [4.78, 5) is 0. The van der Waals surface area contributed by atoms with Gasteiger partial charge in [0.25, 0.3) is 0 Å². The van der Waals surface area contributed by atoms with E-state index in [1.807, 2.05) is 19.2 Å². The minimum Gasteiger partial charge on any atom is -0.162 e. The van der Waals surface area contributed by atoms with Gasteiger partial charge in [0.05, 0.1) is 0 Å². The van der Waals surface area contributed by atoms with E-state index in [4.69, 9.17) is 34.3 Å². The van der Waals surface area contributed by atoms with Crippen molar-refractivity contribution < 1.29 is 0 Å². The molecule has 0 aliphatic carbocycles. The maximum absolute atomic E-state index is 6.11. The molecule has 0 aliphatic heterocycles. The second-order valence-electron chi connectivity index (χ2n) is 2.49. The summed E-state index contributed by atoms with van der Waals surface area (Å²) in [5.41, 5.74) is 0. The molecule has 0 amide bonds. The van der Waals surface area contributed by atoms with E-state index in [1.54, 1.807) is 0 Å². The first-order chi connectivity index (χ1) is 4.52. The number of alkyl halides is 2. The Balaban J connectivity index is 4.21. The lowest BCUT2D eigenvalue weighted by Crippen LogP contribution is -2.22. The highest BCUT2D eigenvalue weighted by Crippen LogP contribution is 2.20. The molecule has 0 atom stereocenters. The van der Waals surface area contributed by atoms with Gasteiger partial charge in [-0.05, 0) is 0 Å². The third-order valence-electron chi connectivity index (χ3n) is 1.23. The molecule has 0 N–H and O–H groups in total. The van der Waals surface area contributed by atoms with E-state index in [0.717, 1.165) is 5.20 Å². The largest absolute Gasteiger partial charge is 0.177 e. The standard InChI is InChI=1S/C6H11Cl3Si/c1-10(2,9)6(5-8)3-4-7/h3H,4-5H2,1-2H3. The van der Waals surface area contributed by atoms with Crippen molar-refractivity contribution in [1.29, 1.82) is 0 Å². The van der Waals surface area contributed by atoms with E-state index >= 15 is 0 Å². The van der Waals surface area contributed by atoms with Crippen LogP contribution in [0.5, 0.6) is 0 Å². The zero-order valence-corrected chi connectivity index (χ0v) is 9.39. The third kappa shape index (κ3) is 3.87. The predicted molar refractivity (Wildman–Crippen MR) is 52.9 cm³/mol. The van der Waals surface area contributed by atoms with Crippen LogP contribution in [0.3, 0.4) is 0 Å². The molecular formula is C6H11Cl3Si. The van der Waals surface area contributed by atoms with Gasteiger partial charge in [-0.2, -0.15) is 11.1 Å². The minimum absolute atomic E-state index is 0.505. The lowest BCUT2D eigenvalue weighted by atomic mass is 10.6. The molecule has 0 saturated heterocycles. The Kier molecular flexibility index (Phi) is 5.04. The van der Waals surface area contributed by atoms with Gasteiger partial charge in [0.1, 0.15) is 0 Å². The van der Waals surface area contributed by atoms with Gasteiger partial charge in [0.2, 0.25) is 0 Å². The smallest absolute Gasteiger partial charge is 0.162 e. The monoisotopic (exact) mass is 216 g/mol. The van der Waals surface area contributed by atoms with Crippen molar-refractivity contribution in [2.24, 2.45) is 0 Å². The number of halogens is 3. The predicted octanol–water partition coefficient (Wildman–Crippen LogP) is 3.37. The molecule has 0 fully saturated rings. The summed E-state index contributed by atoms with van der Waals surface area (Å²) in [5.74, 6) is 1.01. The van der Waals surface area contributed by atoms with Gasteiger partial charge >= 0.3 is 0 Å². The first-order valence-corrected chi connectivity index (χ1v) is 8.10. The van der Waals surface area contributed by atoms with Crippen molar-refractivity contribution in [1.82, 2.24) is 0 Å². The van der Waals surface area contributed by atoms with E-state index in [-0.39, 0.29) is 0 Å². The van der Waals surface area contributed by atoms with Crippen LogP contribution in [0, 0.1) is 0 Å². The molecule has 60 valence electrons. The summed E-state index contributed by atoms with van der Waals surface area (Å²) in [7, 11) is -1.69. The van der Waals surface area contributed by atoms with Crippen LogP contribution in [0.15, 0.2) is 11.3 Å². The van der Waals surface area contributed by atoms with Crippen LogP contribution in [-0.2, 0) is 0 Å². The molecule has 0 nitrogen and oxygen atoms in total. The summed E-state index contributed by atoms with van der Waals surface area (Å²) in [6.07, 6.45) is 1.91. The average Bonchev–Trinajstić information content (AvgIpc) is 1.80. The molecule has 0 aromatic heterocycles. The van der Waals surface area contributed by atoms with Crippen LogP contribution in [0.25, 0.3) is 0 Å². The van der Waals surface area contributed by atoms with Crippen molar-refractivity contribution in [2.75, 3.05) is 11.8 Å². The summed E-state index contributed by atoms with van der Waals surface area (Å²) in [5, 5.41) is 1.12. The van der Waals surface area contributed by atoms with Crippen LogP contribution in [-0.4, -0.2) is 19.1 Å². The fraction of sp³-hybridized carbons (Fsp3) is 0.667. The van der Waals surface area contributed by atoms with Crippen LogP contribution < -0.4 is 0 Å². The van der Waals surface area contributed by atoms with Gasteiger partial charge in [0, 0.05) is 11.8 Å². The van der Waals surface area contributed by atoms with Crippen molar-refractivity contribution in [3.05, 3.63) is 11.3 Å². The Morgan fingerprint density at radius 2 is 1.90 bits per heavy atom. The van der Waals surface area contributed by atoms with E-state index in [2.05, 4.69) is 0 Å². The van der Waals surface area contributed by atoms with Crippen LogP contribution >= 0.6 is 34.3 Å². The number of rotatable bonds is 3. The van der Waals surface area contributed by atoms with Crippen molar-refractivity contribution >= 4 is 41.7 Å². The highest BCUT2D eigenvalue weighted by atomic mass is 35.6. The van der Waals surface area contributed by atoms with Crippen LogP contribution in [0.4, 0.5) is 0 Å². The van der Waals surface area contributed by atoms with Crippen molar-refractivity contribution in [3.8, 4) is 0 Å². The quantitative estimate of drug-likeness (QED) is 0.386. The molecule has 0 spiro atoms. The van der Waals surface area contributed by atoms with Gasteiger partial charge in [-0.3, -0.25) is 0 Å². The number of hydrogen-bond donors (Lipinski definition) is 0. The van der Waals surface area contributed by atoms with Crippen molar-refractivity contribution in [3.63, 3.8) is 0 Å². The normalized spacial score (nSPS) is 13.9. The molecule has 0 aromatic rings. The minimum atomic E-state index is -1.69. The van der Waals surface area contributed by atoms with Gasteiger partial charge in [-0.25, -0.2) is 0 Å². The Labute approximate surface area is 77.9 Å². The van der Waals surface area contributed by atoms with E-state index in [0.29, 0.717) is 11.8 Å². The third-order valence-corrected chi connectivity index (χ3v) is 4.53. The molecule has 0 aromatic carbocycles. The Morgan fingerprint density at radius 1 is 1.40 bits per heavy atom. The molecule has 0 unspecified atom stereocenters. The molecule has 0 rings (SSSR count). The number of allylic oxidation sites excluding steroid dienone is 2. The first kappa shape index (κ1) is 10.8. The molecule has 0 heterocycles. The zero-order chi connectivity index (χ0) is 8.20. The SMILES string of the molecule is C[Si](C)(Cl)C(=CCCl)CCl. The number of hydrogen-bond acceptors (Lipinski definition) is 0. The second-order valence-corrected chi connectivity index (χ2v) is 9.49. The Morgan fingerprint density at radius 3 is 2.00 bits per heavy atom. The zero-order valence-electron chi connectivity index (χ0n) is 6.13. The maximum Gasteiger partial charge on any atom is 0.177 e. The molecule has 0 aliphatic rings. The van der Waals surface area contributed by atoms with Crippen molar-refractivity contribution in [2.45, 2.75) is 13.1 Å². The van der Waals surface area contributed by atoms with Gasteiger partial charge in [-0.1, -0.05) is 24.4 Å².